The molecule has 3 nitrogen and oxygen atoms in total. The van der Waals surface area contributed by atoms with Crippen LogP contribution in [0, 0.1) is 0 Å². The minimum Gasteiger partial charge on any atom is -0.494 e. The summed E-state index contributed by atoms with van der Waals surface area (Å²) in [6.07, 6.45) is 3.47. The van der Waals surface area contributed by atoms with Crippen LogP contribution in [0.1, 0.15) is 40.0 Å². The zero-order valence-electron chi connectivity index (χ0n) is 12.4. The van der Waals surface area contributed by atoms with Gasteiger partial charge in [-0.1, -0.05) is 26.3 Å². The fourth-order valence-corrected chi connectivity index (χ4v) is 1.96. The van der Waals surface area contributed by atoms with E-state index in [0.29, 0.717) is 19.3 Å². The van der Waals surface area contributed by atoms with Crippen LogP contribution in [0.4, 0.5) is 0 Å². The highest BCUT2D eigenvalue weighted by Gasteiger charge is 2.07. The highest BCUT2D eigenvalue weighted by Crippen LogP contribution is 2.19. The number of nitrogens with one attached hydrogen (secondary N) is 1. The predicted octanol–water partition coefficient (Wildman–Crippen LogP) is 3.63. The average Bonchev–Trinajstić information content (AvgIpc) is 2.43. The van der Waals surface area contributed by atoms with Gasteiger partial charge in [0.15, 0.2) is 0 Å². The van der Waals surface area contributed by atoms with Crippen LogP contribution in [0.2, 0.25) is 0 Å². The lowest BCUT2D eigenvalue weighted by Crippen LogP contribution is -2.35. The highest BCUT2D eigenvalue weighted by atomic mass is 16.5. The third-order valence-corrected chi connectivity index (χ3v) is 2.89. The first kappa shape index (κ1) is 15.8. The van der Waals surface area contributed by atoms with Gasteiger partial charge in [-0.15, -0.1) is 0 Å². The molecule has 0 amide bonds. The van der Waals surface area contributed by atoms with Crippen LogP contribution < -0.4 is 14.8 Å². The Morgan fingerprint density at radius 2 is 1.79 bits per heavy atom. The molecule has 1 N–H and O–H groups in total. The third-order valence-electron chi connectivity index (χ3n) is 2.89. The van der Waals surface area contributed by atoms with Crippen LogP contribution in [0.5, 0.6) is 11.5 Å². The molecule has 0 spiro atoms. The molecule has 0 heterocycles. The second-order valence-corrected chi connectivity index (χ2v) is 4.66. The van der Waals surface area contributed by atoms with Gasteiger partial charge in [-0.05, 0) is 38.4 Å². The van der Waals surface area contributed by atoms with E-state index in [1.54, 1.807) is 0 Å². The van der Waals surface area contributed by atoms with Gasteiger partial charge in [0.25, 0.3) is 0 Å². The number of hydrogen-bond donors (Lipinski definition) is 1. The molecule has 0 aliphatic heterocycles. The summed E-state index contributed by atoms with van der Waals surface area (Å²) in [5.74, 6) is 1.75. The van der Waals surface area contributed by atoms with Crippen LogP contribution in [0.15, 0.2) is 24.3 Å². The van der Waals surface area contributed by atoms with E-state index in [0.717, 1.165) is 30.9 Å². The molecule has 1 aromatic carbocycles. The van der Waals surface area contributed by atoms with E-state index in [4.69, 9.17) is 9.47 Å². The van der Waals surface area contributed by atoms with Crippen LogP contribution >= 0.6 is 0 Å². The second-order valence-electron chi connectivity index (χ2n) is 4.66. The van der Waals surface area contributed by atoms with Crippen molar-refractivity contribution in [2.24, 2.45) is 0 Å². The maximum Gasteiger partial charge on any atom is 0.123 e. The maximum atomic E-state index is 5.86. The lowest BCUT2D eigenvalue weighted by atomic mass is 10.2. The molecule has 1 atom stereocenters. The quantitative estimate of drug-likeness (QED) is 0.700. The lowest BCUT2D eigenvalue weighted by Gasteiger charge is -2.18. The summed E-state index contributed by atoms with van der Waals surface area (Å²) in [6.45, 7) is 8.81. The molecule has 1 aromatic rings. The zero-order valence-corrected chi connectivity index (χ0v) is 12.4. The van der Waals surface area contributed by atoms with E-state index in [1.165, 1.54) is 6.42 Å². The van der Waals surface area contributed by atoms with Gasteiger partial charge < -0.3 is 14.8 Å². The molecule has 0 aromatic heterocycles. The monoisotopic (exact) mass is 265 g/mol. The van der Waals surface area contributed by atoms with E-state index >= 15 is 0 Å². The smallest absolute Gasteiger partial charge is 0.123 e. The van der Waals surface area contributed by atoms with Crippen molar-refractivity contribution in [1.29, 1.82) is 0 Å². The van der Waals surface area contributed by atoms with Gasteiger partial charge in [-0.2, -0.15) is 0 Å². The number of benzene rings is 1. The molecule has 0 fully saturated rings. The number of ether oxygens (including phenoxy) is 2. The van der Waals surface area contributed by atoms with Crippen molar-refractivity contribution in [1.82, 2.24) is 5.32 Å². The van der Waals surface area contributed by atoms with Crippen molar-refractivity contribution in [3.8, 4) is 11.5 Å². The molecular weight excluding hydrogens is 238 g/mol. The fraction of sp³-hybridized carbons (Fsp3) is 0.625. The van der Waals surface area contributed by atoms with E-state index in [2.05, 4.69) is 19.2 Å². The fourth-order valence-electron chi connectivity index (χ4n) is 1.96. The zero-order chi connectivity index (χ0) is 13.9. The molecule has 0 aliphatic rings. The summed E-state index contributed by atoms with van der Waals surface area (Å²) in [5.41, 5.74) is 0. The summed E-state index contributed by atoms with van der Waals surface area (Å²) in [5, 5.41) is 3.52. The Bertz CT molecular complexity index is 341. The molecule has 0 bridgehead atoms. The van der Waals surface area contributed by atoms with Crippen molar-refractivity contribution < 1.29 is 9.47 Å². The largest absolute Gasteiger partial charge is 0.494 e. The van der Waals surface area contributed by atoms with E-state index in [9.17, 15) is 0 Å². The molecule has 3 heteroatoms. The van der Waals surface area contributed by atoms with Gasteiger partial charge in [0.05, 0.1) is 6.61 Å². The van der Waals surface area contributed by atoms with E-state index < -0.39 is 0 Å². The normalized spacial score (nSPS) is 12.2. The minimum absolute atomic E-state index is 0.431. The molecule has 108 valence electrons. The number of hydrogen-bond acceptors (Lipinski definition) is 3. The van der Waals surface area contributed by atoms with Crippen molar-refractivity contribution in [3.05, 3.63) is 24.3 Å². The molecule has 1 rings (SSSR count). The summed E-state index contributed by atoms with van der Waals surface area (Å²) in [4.78, 5) is 0. The van der Waals surface area contributed by atoms with Crippen LogP contribution in [0.3, 0.4) is 0 Å². The summed E-state index contributed by atoms with van der Waals surface area (Å²) >= 11 is 0. The Balaban J connectivity index is 2.45. The first-order valence-electron chi connectivity index (χ1n) is 7.39. The van der Waals surface area contributed by atoms with Gasteiger partial charge in [0.2, 0.25) is 0 Å². The van der Waals surface area contributed by atoms with Gasteiger partial charge in [-0.3, -0.25) is 0 Å². The highest BCUT2D eigenvalue weighted by molar-refractivity contribution is 5.32. The second kappa shape index (κ2) is 9.68. The Hall–Kier alpha value is -1.22. The minimum atomic E-state index is 0.431. The summed E-state index contributed by atoms with van der Waals surface area (Å²) in [7, 11) is 0. The molecule has 1 unspecified atom stereocenters. The Kier molecular flexibility index (Phi) is 8.07. The number of rotatable bonds is 10. The average molecular weight is 265 g/mol. The molecule has 0 aliphatic carbocycles. The first-order valence-corrected chi connectivity index (χ1v) is 7.39. The van der Waals surface area contributed by atoms with Crippen molar-refractivity contribution >= 4 is 0 Å². The lowest BCUT2D eigenvalue weighted by molar-refractivity contribution is 0.254. The summed E-state index contributed by atoms with van der Waals surface area (Å²) in [6, 6.07) is 8.28. The van der Waals surface area contributed by atoms with Crippen molar-refractivity contribution in [2.75, 3.05) is 19.8 Å². The molecule has 0 radical (unpaired) electrons. The van der Waals surface area contributed by atoms with Gasteiger partial charge in [-0.25, -0.2) is 0 Å². The Labute approximate surface area is 117 Å². The predicted molar refractivity (Wildman–Crippen MR) is 80.1 cm³/mol. The van der Waals surface area contributed by atoms with Crippen molar-refractivity contribution in [2.45, 2.75) is 46.1 Å². The van der Waals surface area contributed by atoms with E-state index in [1.807, 2.05) is 31.2 Å². The van der Waals surface area contributed by atoms with E-state index in [-0.39, 0.29) is 0 Å². The Morgan fingerprint density at radius 3 is 2.42 bits per heavy atom. The van der Waals surface area contributed by atoms with Gasteiger partial charge in [0.1, 0.15) is 18.1 Å². The van der Waals surface area contributed by atoms with Crippen LogP contribution in [-0.4, -0.2) is 25.8 Å². The summed E-state index contributed by atoms with van der Waals surface area (Å²) < 4.78 is 11.3. The SMILES string of the molecule is CCCNC(CCC)COc1cccc(OCC)c1. The topological polar surface area (TPSA) is 30.5 Å². The Morgan fingerprint density at radius 1 is 1.05 bits per heavy atom. The molecular formula is C16H27NO2. The molecule has 19 heavy (non-hydrogen) atoms. The maximum absolute atomic E-state index is 5.86. The third kappa shape index (κ3) is 6.48. The van der Waals surface area contributed by atoms with Gasteiger partial charge >= 0.3 is 0 Å². The van der Waals surface area contributed by atoms with Crippen LogP contribution in [-0.2, 0) is 0 Å². The van der Waals surface area contributed by atoms with Crippen LogP contribution in [0.25, 0.3) is 0 Å². The molecule has 0 saturated carbocycles. The van der Waals surface area contributed by atoms with Gasteiger partial charge in [0, 0.05) is 12.1 Å². The van der Waals surface area contributed by atoms with Crippen molar-refractivity contribution in [3.63, 3.8) is 0 Å². The molecule has 0 saturated heterocycles. The first-order chi connectivity index (χ1) is 9.30. The standard InChI is InChI=1S/C16H27NO2/c1-4-8-14(17-11-5-2)13-19-16-10-7-9-15(12-16)18-6-3/h7,9-10,12,14,17H,4-6,8,11,13H2,1-3H3.